The van der Waals surface area contributed by atoms with Gasteiger partial charge in [0.05, 0.1) is 5.56 Å². The third-order valence-electron chi connectivity index (χ3n) is 5.37. The second-order valence-electron chi connectivity index (χ2n) is 7.67. The van der Waals surface area contributed by atoms with Crippen molar-refractivity contribution in [3.63, 3.8) is 0 Å². The molecule has 0 radical (unpaired) electrons. The maximum atomic E-state index is 12.7. The van der Waals surface area contributed by atoms with E-state index in [4.69, 9.17) is 4.74 Å². The fraction of sp³-hybridized carbons (Fsp3) is 0.208. The molecule has 2 N–H and O–H groups in total. The maximum absolute atomic E-state index is 12.7. The van der Waals surface area contributed by atoms with E-state index in [0.717, 1.165) is 23.3 Å². The van der Waals surface area contributed by atoms with Crippen LogP contribution in [0.15, 0.2) is 60.8 Å². The van der Waals surface area contributed by atoms with Gasteiger partial charge in [-0.3, -0.25) is 9.78 Å². The number of urea groups is 1. The molecule has 7 nitrogen and oxygen atoms in total. The van der Waals surface area contributed by atoms with Crippen molar-refractivity contribution in [1.29, 1.82) is 0 Å². The number of nitrogens with zero attached hydrogens (tertiary/aromatic N) is 2. The zero-order valence-electron chi connectivity index (χ0n) is 18.1. The first-order valence-electron chi connectivity index (χ1n) is 10.4. The first-order chi connectivity index (χ1) is 16.2. The Morgan fingerprint density at radius 2 is 1.74 bits per heavy atom. The molecule has 0 aliphatic carbocycles. The van der Waals surface area contributed by atoms with E-state index >= 15 is 0 Å². The smallest absolute Gasteiger partial charge is 0.416 e. The Bertz CT molecular complexity index is 1210. The highest BCUT2D eigenvalue weighted by Gasteiger charge is 2.30. The molecule has 0 bridgehead atoms. The predicted molar refractivity (Wildman–Crippen MR) is 119 cm³/mol. The van der Waals surface area contributed by atoms with Gasteiger partial charge in [0.15, 0.2) is 0 Å². The van der Waals surface area contributed by atoms with E-state index in [-0.39, 0.29) is 17.3 Å². The number of anilines is 1. The third-order valence-corrected chi connectivity index (χ3v) is 5.37. The van der Waals surface area contributed by atoms with Crippen LogP contribution in [-0.2, 0) is 19.1 Å². The molecule has 0 atom stereocenters. The zero-order valence-corrected chi connectivity index (χ0v) is 18.1. The fourth-order valence-corrected chi connectivity index (χ4v) is 3.58. The van der Waals surface area contributed by atoms with Gasteiger partial charge in [0.2, 0.25) is 0 Å². The van der Waals surface area contributed by atoms with Crippen LogP contribution in [0.3, 0.4) is 0 Å². The molecule has 3 amide bonds. The normalized spacial score (nSPS) is 13.1. The summed E-state index contributed by atoms with van der Waals surface area (Å²) >= 11 is 0. The number of carbonyl (C=O) groups excluding carboxylic acids is 2. The molecule has 0 unspecified atom stereocenters. The molecular weight excluding hydrogens is 449 g/mol. The van der Waals surface area contributed by atoms with Gasteiger partial charge in [0.25, 0.3) is 5.91 Å². The number of fused-ring (bicyclic) bond motifs is 1. The highest BCUT2D eigenvalue weighted by atomic mass is 19.4. The molecule has 1 aromatic heterocycles. The Morgan fingerprint density at radius 3 is 2.44 bits per heavy atom. The van der Waals surface area contributed by atoms with Crippen molar-refractivity contribution in [2.75, 3.05) is 18.9 Å². The highest BCUT2D eigenvalue weighted by molar-refractivity contribution is 5.92. The molecule has 0 fully saturated rings. The quantitative estimate of drug-likeness (QED) is 0.572. The molecule has 34 heavy (non-hydrogen) atoms. The monoisotopic (exact) mass is 470 g/mol. The van der Waals surface area contributed by atoms with Crippen LogP contribution in [0.2, 0.25) is 0 Å². The molecule has 0 saturated heterocycles. The lowest BCUT2D eigenvalue weighted by molar-refractivity contribution is -0.137. The third kappa shape index (κ3) is 5.28. The standard InChI is InChI=1S/C24H21F3N4O3/c1-28-22(32)21-13-20(8-10-29-21)34-19-7-2-15-9-11-31(14-16(15)12-19)23(33)30-18-5-3-17(4-6-18)24(25,26)27/h2-8,10,12-13H,9,11,14H2,1H3,(H,28,32)(H,30,33). The average molecular weight is 470 g/mol. The fourth-order valence-electron chi connectivity index (χ4n) is 3.58. The Kier molecular flexibility index (Phi) is 6.40. The minimum absolute atomic E-state index is 0.226. The van der Waals surface area contributed by atoms with E-state index in [0.29, 0.717) is 31.0 Å². The van der Waals surface area contributed by atoms with Gasteiger partial charge in [-0.25, -0.2) is 4.79 Å². The van der Waals surface area contributed by atoms with Crippen molar-refractivity contribution in [2.24, 2.45) is 0 Å². The summed E-state index contributed by atoms with van der Waals surface area (Å²) in [6.07, 6.45) is -2.32. The largest absolute Gasteiger partial charge is 0.457 e. The number of nitrogens with one attached hydrogen (secondary N) is 2. The Balaban J connectivity index is 1.43. The second-order valence-corrected chi connectivity index (χ2v) is 7.67. The minimum Gasteiger partial charge on any atom is -0.457 e. The van der Waals surface area contributed by atoms with Gasteiger partial charge in [0.1, 0.15) is 17.2 Å². The van der Waals surface area contributed by atoms with Gasteiger partial charge in [-0.15, -0.1) is 0 Å². The summed E-state index contributed by atoms with van der Waals surface area (Å²) in [6, 6.07) is 12.6. The van der Waals surface area contributed by atoms with E-state index in [1.165, 1.54) is 31.4 Å². The Morgan fingerprint density at radius 1 is 1.00 bits per heavy atom. The van der Waals surface area contributed by atoms with Crippen LogP contribution in [-0.4, -0.2) is 35.4 Å². The molecule has 4 rings (SSSR count). The van der Waals surface area contributed by atoms with Crippen molar-refractivity contribution in [3.8, 4) is 11.5 Å². The number of hydrogen-bond acceptors (Lipinski definition) is 4. The number of carbonyl (C=O) groups is 2. The number of amides is 3. The van der Waals surface area contributed by atoms with Gasteiger partial charge in [-0.1, -0.05) is 6.07 Å². The van der Waals surface area contributed by atoms with Crippen LogP contribution >= 0.6 is 0 Å². The molecule has 10 heteroatoms. The van der Waals surface area contributed by atoms with E-state index in [2.05, 4.69) is 15.6 Å². The number of halogens is 3. The molecular formula is C24H21F3N4O3. The molecule has 2 aromatic carbocycles. The van der Waals surface area contributed by atoms with E-state index in [9.17, 15) is 22.8 Å². The number of ether oxygens (including phenoxy) is 1. The Labute approximate surface area is 193 Å². The van der Waals surface area contributed by atoms with Crippen LogP contribution in [0.25, 0.3) is 0 Å². The first kappa shape index (κ1) is 23.1. The van der Waals surface area contributed by atoms with Crippen molar-refractivity contribution in [3.05, 3.63) is 83.2 Å². The second kappa shape index (κ2) is 9.42. The summed E-state index contributed by atoms with van der Waals surface area (Å²) in [5.41, 5.74) is 1.70. The summed E-state index contributed by atoms with van der Waals surface area (Å²) in [5, 5.41) is 5.15. The van der Waals surface area contributed by atoms with Gasteiger partial charge < -0.3 is 20.3 Å². The van der Waals surface area contributed by atoms with Crippen LogP contribution in [0.4, 0.5) is 23.7 Å². The van der Waals surface area contributed by atoms with Crippen LogP contribution in [0, 0.1) is 0 Å². The lowest BCUT2D eigenvalue weighted by Crippen LogP contribution is -2.38. The number of rotatable bonds is 4. The number of hydrogen-bond donors (Lipinski definition) is 2. The summed E-state index contributed by atoms with van der Waals surface area (Å²) in [4.78, 5) is 30.0. The lowest BCUT2D eigenvalue weighted by Gasteiger charge is -2.29. The van der Waals surface area contributed by atoms with Crippen LogP contribution in [0.5, 0.6) is 11.5 Å². The molecule has 2 heterocycles. The van der Waals surface area contributed by atoms with E-state index < -0.39 is 17.8 Å². The number of alkyl halides is 3. The summed E-state index contributed by atoms with van der Waals surface area (Å²) in [6.45, 7) is 0.790. The van der Waals surface area contributed by atoms with Crippen molar-refractivity contribution in [1.82, 2.24) is 15.2 Å². The summed E-state index contributed by atoms with van der Waals surface area (Å²) in [7, 11) is 1.51. The zero-order chi connectivity index (χ0) is 24.3. The molecule has 0 saturated carbocycles. The van der Waals surface area contributed by atoms with E-state index in [1.807, 2.05) is 18.2 Å². The minimum atomic E-state index is -4.43. The lowest BCUT2D eigenvalue weighted by atomic mass is 10.00. The van der Waals surface area contributed by atoms with Crippen molar-refractivity contribution >= 4 is 17.6 Å². The molecule has 176 valence electrons. The SMILES string of the molecule is CNC(=O)c1cc(Oc2ccc3c(c2)CN(C(=O)Nc2ccc(C(F)(F)F)cc2)CC3)ccn1. The van der Waals surface area contributed by atoms with Gasteiger partial charge in [-0.2, -0.15) is 13.2 Å². The van der Waals surface area contributed by atoms with Crippen molar-refractivity contribution in [2.45, 2.75) is 19.1 Å². The number of benzene rings is 2. The summed E-state index contributed by atoms with van der Waals surface area (Å²) < 4.78 is 44.1. The summed E-state index contributed by atoms with van der Waals surface area (Å²) in [5.74, 6) is 0.657. The molecule has 1 aliphatic heterocycles. The number of aromatic nitrogens is 1. The van der Waals surface area contributed by atoms with Crippen LogP contribution < -0.4 is 15.4 Å². The Hall–Kier alpha value is -4.08. The van der Waals surface area contributed by atoms with Crippen molar-refractivity contribution < 1.29 is 27.5 Å². The average Bonchev–Trinajstić information content (AvgIpc) is 2.83. The first-order valence-corrected chi connectivity index (χ1v) is 10.4. The number of pyridine rings is 1. The highest BCUT2D eigenvalue weighted by Crippen LogP contribution is 2.30. The predicted octanol–water partition coefficient (Wildman–Crippen LogP) is 4.84. The molecule has 3 aromatic rings. The van der Waals surface area contributed by atoms with Crippen LogP contribution in [0.1, 0.15) is 27.2 Å². The molecule has 1 aliphatic rings. The van der Waals surface area contributed by atoms with Gasteiger partial charge in [0, 0.05) is 38.1 Å². The topological polar surface area (TPSA) is 83.6 Å². The molecule has 0 spiro atoms. The maximum Gasteiger partial charge on any atom is 0.416 e. The van der Waals surface area contributed by atoms with Gasteiger partial charge in [-0.05, 0) is 60.0 Å². The van der Waals surface area contributed by atoms with Gasteiger partial charge >= 0.3 is 12.2 Å². The van der Waals surface area contributed by atoms with E-state index in [1.54, 1.807) is 11.0 Å².